The summed E-state index contributed by atoms with van der Waals surface area (Å²) in [5, 5.41) is 0.695. The van der Waals surface area contributed by atoms with Crippen molar-refractivity contribution in [3.8, 4) is 0 Å². The van der Waals surface area contributed by atoms with E-state index in [0.29, 0.717) is 29.7 Å². The minimum Gasteiger partial charge on any atom is -0.458 e. The number of hydrogen-bond acceptors (Lipinski definition) is 4. The van der Waals surface area contributed by atoms with Gasteiger partial charge in [0.1, 0.15) is 6.61 Å². The summed E-state index contributed by atoms with van der Waals surface area (Å²) in [5.41, 5.74) is 2.86. The summed E-state index contributed by atoms with van der Waals surface area (Å²) in [6.45, 7) is 10.2. The van der Waals surface area contributed by atoms with E-state index in [4.69, 9.17) is 25.8 Å². The van der Waals surface area contributed by atoms with E-state index in [9.17, 15) is 4.79 Å². The first-order chi connectivity index (χ1) is 15.3. The van der Waals surface area contributed by atoms with Crippen molar-refractivity contribution < 1.29 is 19.0 Å². The Labute approximate surface area is 195 Å². The van der Waals surface area contributed by atoms with Crippen LogP contribution in [0.2, 0.25) is 5.02 Å². The summed E-state index contributed by atoms with van der Waals surface area (Å²) < 4.78 is 17.9. The van der Waals surface area contributed by atoms with E-state index in [1.165, 1.54) is 5.57 Å². The molecule has 0 amide bonds. The molecule has 0 spiro atoms. The molecule has 2 aliphatic carbocycles. The Hall–Kier alpha value is -1.88. The zero-order chi connectivity index (χ0) is 22.5. The molecule has 3 fully saturated rings. The molecular weight excluding hydrogens is 424 g/mol. The zero-order valence-electron chi connectivity index (χ0n) is 18.8. The minimum absolute atomic E-state index is 0.0514. The van der Waals surface area contributed by atoms with Crippen LogP contribution >= 0.6 is 11.6 Å². The predicted octanol–water partition coefficient (Wildman–Crippen LogP) is 6.18. The van der Waals surface area contributed by atoms with Gasteiger partial charge in [0, 0.05) is 21.9 Å². The van der Waals surface area contributed by atoms with Crippen molar-refractivity contribution in [1.29, 1.82) is 0 Å². The molecule has 1 aromatic carbocycles. The predicted molar refractivity (Wildman–Crippen MR) is 124 cm³/mol. The second kappa shape index (κ2) is 8.16. The number of ether oxygens (including phenoxy) is 3. The quantitative estimate of drug-likeness (QED) is 0.404. The van der Waals surface area contributed by atoms with Gasteiger partial charge in [0.25, 0.3) is 0 Å². The van der Waals surface area contributed by atoms with Crippen molar-refractivity contribution >= 4 is 17.6 Å². The highest BCUT2D eigenvalue weighted by Crippen LogP contribution is 2.63. The maximum absolute atomic E-state index is 11.9. The molecule has 2 saturated carbocycles. The van der Waals surface area contributed by atoms with Gasteiger partial charge in [-0.15, -0.1) is 0 Å². The third kappa shape index (κ3) is 3.57. The average Bonchev–Trinajstić information content (AvgIpc) is 3.17. The van der Waals surface area contributed by atoms with Gasteiger partial charge in [-0.25, -0.2) is 4.79 Å². The van der Waals surface area contributed by atoms with Crippen LogP contribution in [0.25, 0.3) is 0 Å². The number of carbonyl (C=O) groups is 1. The normalized spacial score (nSPS) is 39.4. The van der Waals surface area contributed by atoms with Gasteiger partial charge in [-0.05, 0) is 55.2 Å². The van der Waals surface area contributed by atoms with Crippen LogP contribution in [0.1, 0.15) is 51.4 Å². The van der Waals surface area contributed by atoms with E-state index in [1.807, 2.05) is 36.4 Å². The second-order valence-corrected chi connectivity index (χ2v) is 10.7. The van der Waals surface area contributed by atoms with E-state index in [2.05, 4.69) is 26.5 Å². The maximum Gasteiger partial charge on any atom is 0.338 e. The monoisotopic (exact) mass is 454 g/mol. The van der Waals surface area contributed by atoms with Gasteiger partial charge in [-0.3, -0.25) is 0 Å². The van der Waals surface area contributed by atoms with Crippen LogP contribution in [0.4, 0.5) is 0 Å². The number of esters is 1. The standard InChI is InChI=1S/C27H31ClO4/c1-17-7-10-22-26(2,21(17)9-8-18-12-14-30-24(18)29)13-11-23-27(22,3)16-31-25(32-23)19-5-4-6-20(28)15-19/h4-6,8-9,12,15,21-23,25H,1,7,10-11,13-14,16H2,2-3H3/b9-8+. The number of carbonyl (C=O) groups excluding carboxylic acids is 1. The lowest BCUT2D eigenvalue weighted by Crippen LogP contribution is -2.60. The topological polar surface area (TPSA) is 44.8 Å². The lowest BCUT2D eigenvalue weighted by atomic mass is 9.46. The number of halogens is 1. The number of hydrogen-bond donors (Lipinski definition) is 0. The van der Waals surface area contributed by atoms with Crippen LogP contribution in [0, 0.1) is 22.7 Å². The highest BCUT2D eigenvalue weighted by atomic mass is 35.5. The van der Waals surface area contributed by atoms with E-state index < -0.39 is 0 Å². The van der Waals surface area contributed by atoms with E-state index >= 15 is 0 Å². The summed E-state index contributed by atoms with van der Waals surface area (Å²) in [7, 11) is 0. The second-order valence-electron chi connectivity index (χ2n) is 10.2. The molecule has 4 aliphatic rings. The smallest absolute Gasteiger partial charge is 0.338 e. The van der Waals surface area contributed by atoms with Crippen LogP contribution in [-0.4, -0.2) is 25.3 Å². The lowest BCUT2D eigenvalue weighted by molar-refractivity contribution is -0.306. The molecule has 4 nitrogen and oxygen atoms in total. The van der Waals surface area contributed by atoms with Gasteiger partial charge >= 0.3 is 5.97 Å². The first kappa shape index (κ1) is 21.9. The summed E-state index contributed by atoms with van der Waals surface area (Å²) in [4.78, 5) is 11.9. The van der Waals surface area contributed by atoms with Gasteiger partial charge < -0.3 is 14.2 Å². The molecule has 2 heterocycles. The summed E-state index contributed by atoms with van der Waals surface area (Å²) in [6.07, 6.45) is 9.86. The Balaban J connectivity index is 1.39. The largest absolute Gasteiger partial charge is 0.458 e. The molecule has 0 N–H and O–H groups in total. The fourth-order valence-electron chi connectivity index (χ4n) is 6.66. The Bertz CT molecular complexity index is 997. The molecule has 0 aromatic heterocycles. The average molecular weight is 455 g/mol. The van der Waals surface area contributed by atoms with Crippen molar-refractivity contribution in [1.82, 2.24) is 0 Å². The van der Waals surface area contributed by atoms with Gasteiger partial charge in [-0.1, -0.05) is 61.9 Å². The first-order valence-corrected chi connectivity index (χ1v) is 11.9. The highest BCUT2D eigenvalue weighted by molar-refractivity contribution is 6.30. The van der Waals surface area contributed by atoms with Gasteiger partial charge in [0.15, 0.2) is 6.29 Å². The molecule has 32 heavy (non-hydrogen) atoms. The molecule has 6 atom stereocenters. The number of benzene rings is 1. The highest BCUT2D eigenvalue weighted by Gasteiger charge is 2.60. The van der Waals surface area contributed by atoms with Crippen LogP contribution in [0.15, 0.2) is 60.2 Å². The van der Waals surface area contributed by atoms with E-state index in [0.717, 1.165) is 31.2 Å². The lowest BCUT2D eigenvalue weighted by Gasteiger charge is -2.62. The van der Waals surface area contributed by atoms with Crippen molar-refractivity contribution in [3.05, 3.63) is 70.8 Å². The third-order valence-electron chi connectivity index (χ3n) is 8.35. The Morgan fingerprint density at radius 2 is 2.06 bits per heavy atom. The Morgan fingerprint density at radius 3 is 2.81 bits per heavy atom. The SMILES string of the molecule is C=C1CCC2C3(C)COC(c4cccc(Cl)c4)OC3CCC2(C)C1/C=C/C1=CCOC1=O. The molecule has 2 aliphatic heterocycles. The third-order valence-corrected chi connectivity index (χ3v) is 8.59. The summed E-state index contributed by atoms with van der Waals surface area (Å²) in [6, 6.07) is 7.75. The van der Waals surface area contributed by atoms with Crippen molar-refractivity contribution in [3.63, 3.8) is 0 Å². The number of rotatable bonds is 3. The van der Waals surface area contributed by atoms with E-state index in [-0.39, 0.29) is 35.1 Å². The van der Waals surface area contributed by atoms with Crippen LogP contribution in [0.3, 0.4) is 0 Å². The van der Waals surface area contributed by atoms with E-state index in [1.54, 1.807) is 0 Å². The van der Waals surface area contributed by atoms with Crippen LogP contribution in [0.5, 0.6) is 0 Å². The molecule has 1 saturated heterocycles. The van der Waals surface area contributed by atoms with Crippen LogP contribution < -0.4 is 0 Å². The van der Waals surface area contributed by atoms with Crippen molar-refractivity contribution in [2.75, 3.05) is 13.2 Å². The van der Waals surface area contributed by atoms with Gasteiger partial charge in [-0.2, -0.15) is 0 Å². The molecule has 5 rings (SSSR count). The maximum atomic E-state index is 11.9. The molecule has 1 aromatic rings. The van der Waals surface area contributed by atoms with Crippen LogP contribution in [-0.2, 0) is 19.0 Å². The molecule has 5 heteroatoms. The molecule has 170 valence electrons. The minimum atomic E-state index is -0.370. The zero-order valence-corrected chi connectivity index (χ0v) is 19.6. The fraction of sp³-hybridized carbons (Fsp3) is 0.519. The molecule has 0 radical (unpaired) electrons. The van der Waals surface area contributed by atoms with Gasteiger partial charge in [0.05, 0.1) is 18.3 Å². The number of allylic oxidation sites excluding steroid dienone is 2. The first-order valence-electron chi connectivity index (χ1n) is 11.6. The molecule has 0 bridgehead atoms. The van der Waals surface area contributed by atoms with Crippen molar-refractivity contribution in [2.24, 2.45) is 22.7 Å². The molecule has 6 unspecified atom stereocenters. The fourth-order valence-corrected chi connectivity index (χ4v) is 6.86. The summed E-state index contributed by atoms with van der Waals surface area (Å²) >= 11 is 6.20. The van der Waals surface area contributed by atoms with Crippen molar-refractivity contribution in [2.45, 2.75) is 51.9 Å². The Morgan fingerprint density at radius 1 is 1.22 bits per heavy atom. The number of cyclic esters (lactones) is 1. The van der Waals surface area contributed by atoms with Gasteiger partial charge in [0.2, 0.25) is 0 Å². The number of fused-ring (bicyclic) bond motifs is 3. The Kier molecular flexibility index (Phi) is 5.59. The summed E-state index contributed by atoms with van der Waals surface area (Å²) in [5.74, 6) is 0.430. The molecular formula is C27H31ClO4.